The van der Waals surface area contributed by atoms with Crippen LogP contribution in [0.2, 0.25) is 5.02 Å². The van der Waals surface area contributed by atoms with Crippen LogP contribution < -0.4 is 0 Å². The van der Waals surface area contributed by atoms with Gasteiger partial charge in [-0.25, -0.2) is 0 Å². The Morgan fingerprint density at radius 1 is 1.39 bits per heavy atom. The third kappa shape index (κ3) is 2.60. The highest BCUT2D eigenvalue weighted by Crippen LogP contribution is 2.34. The molecule has 0 saturated carbocycles. The Balaban J connectivity index is 2.34. The van der Waals surface area contributed by atoms with Crippen LogP contribution >= 0.6 is 35.6 Å². The van der Waals surface area contributed by atoms with Gasteiger partial charge >= 0.3 is 0 Å². The summed E-state index contributed by atoms with van der Waals surface area (Å²) >= 11 is 12.6. The number of nitrogens with zero attached hydrogens (tertiary/aromatic N) is 1. The van der Waals surface area contributed by atoms with Crippen LogP contribution in [0.15, 0.2) is 29.2 Å². The standard InChI is InChI=1S/C13H12ClNOS2/c1-8(2)15-12(16)11(18-13(15)17)7-9-5-3-4-6-10(9)14/h3-8H,1-2H3/b11-7+. The number of halogens is 1. The SMILES string of the molecule is CC(C)N1C(=O)/C(=C\c2ccccc2Cl)SC1=S. The van der Waals surface area contributed by atoms with E-state index in [4.69, 9.17) is 23.8 Å². The first-order valence-electron chi connectivity index (χ1n) is 5.52. The summed E-state index contributed by atoms with van der Waals surface area (Å²) in [4.78, 5) is 14.4. The van der Waals surface area contributed by atoms with Crippen molar-refractivity contribution in [2.45, 2.75) is 19.9 Å². The molecule has 1 aromatic carbocycles. The number of thioether (sulfide) groups is 1. The lowest BCUT2D eigenvalue weighted by Crippen LogP contribution is -2.34. The number of carbonyl (C=O) groups is 1. The van der Waals surface area contributed by atoms with E-state index in [1.54, 1.807) is 17.0 Å². The van der Waals surface area contributed by atoms with Gasteiger partial charge in [-0.1, -0.05) is 53.8 Å². The Bertz CT molecular complexity index is 540. The first-order valence-corrected chi connectivity index (χ1v) is 7.12. The van der Waals surface area contributed by atoms with Crippen molar-refractivity contribution in [3.63, 3.8) is 0 Å². The molecule has 2 nitrogen and oxygen atoms in total. The molecule has 1 saturated heterocycles. The monoisotopic (exact) mass is 297 g/mol. The van der Waals surface area contributed by atoms with Crippen molar-refractivity contribution in [1.82, 2.24) is 4.90 Å². The summed E-state index contributed by atoms with van der Waals surface area (Å²) in [6, 6.07) is 7.51. The van der Waals surface area contributed by atoms with Crippen LogP contribution in [0.5, 0.6) is 0 Å². The summed E-state index contributed by atoms with van der Waals surface area (Å²) < 4.78 is 0.605. The lowest BCUT2D eigenvalue weighted by atomic mass is 10.2. The molecule has 0 aliphatic carbocycles. The molecule has 0 unspecified atom stereocenters. The fraction of sp³-hybridized carbons (Fsp3) is 0.231. The van der Waals surface area contributed by atoms with Crippen molar-refractivity contribution in [2.75, 3.05) is 0 Å². The fourth-order valence-corrected chi connectivity index (χ4v) is 3.36. The highest BCUT2D eigenvalue weighted by molar-refractivity contribution is 8.26. The predicted molar refractivity (Wildman–Crippen MR) is 81.6 cm³/mol. The average Bonchev–Trinajstić information content (AvgIpc) is 2.57. The van der Waals surface area contributed by atoms with E-state index in [1.165, 1.54) is 11.8 Å². The number of thiocarbonyl (C=S) groups is 1. The van der Waals surface area contributed by atoms with Crippen molar-refractivity contribution in [3.05, 3.63) is 39.8 Å². The number of rotatable bonds is 2. The van der Waals surface area contributed by atoms with E-state index >= 15 is 0 Å². The molecule has 1 amide bonds. The van der Waals surface area contributed by atoms with E-state index in [0.29, 0.717) is 14.2 Å². The number of benzene rings is 1. The zero-order chi connectivity index (χ0) is 13.3. The lowest BCUT2D eigenvalue weighted by Gasteiger charge is -2.18. The van der Waals surface area contributed by atoms with Crippen LogP contribution in [0.25, 0.3) is 6.08 Å². The Kier molecular flexibility index (Phi) is 4.10. The zero-order valence-electron chi connectivity index (χ0n) is 10.0. The Labute approximate surface area is 121 Å². The Hall–Kier alpha value is -0.840. The summed E-state index contributed by atoms with van der Waals surface area (Å²) in [5.74, 6) is -0.0417. The smallest absolute Gasteiger partial charge is 0.266 e. The van der Waals surface area contributed by atoms with Gasteiger partial charge in [-0.15, -0.1) is 0 Å². The maximum Gasteiger partial charge on any atom is 0.266 e. The predicted octanol–water partition coefficient (Wildman–Crippen LogP) is 3.95. The molecule has 1 aliphatic rings. The minimum absolute atomic E-state index is 0.0417. The second-order valence-corrected chi connectivity index (χ2v) is 6.25. The number of hydrogen-bond acceptors (Lipinski definition) is 3. The third-order valence-corrected chi connectivity index (χ3v) is 4.21. The number of amides is 1. The van der Waals surface area contributed by atoms with E-state index in [0.717, 1.165) is 5.56 Å². The van der Waals surface area contributed by atoms with Crippen molar-refractivity contribution in [2.24, 2.45) is 0 Å². The molecule has 1 fully saturated rings. The lowest BCUT2D eigenvalue weighted by molar-refractivity contribution is -0.123. The molecule has 0 atom stereocenters. The Morgan fingerprint density at radius 2 is 2.06 bits per heavy atom. The minimum atomic E-state index is -0.0417. The van der Waals surface area contributed by atoms with Gasteiger partial charge in [-0.3, -0.25) is 9.69 Å². The second kappa shape index (κ2) is 5.43. The molecule has 1 aliphatic heterocycles. The van der Waals surface area contributed by atoms with Crippen molar-refractivity contribution >= 4 is 51.9 Å². The number of carbonyl (C=O) groups excluding carboxylic acids is 1. The molecule has 0 aromatic heterocycles. The maximum atomic E-state index is 12.2. The van der Waals surface area contributed by atoms with Crippen molar-refractivity contribution < 1.29 is 4.79 Å². The molecule has 0 spiro atoms. The molecule has 1 aromatic rings. The Morgan fingerprint density at radius 3 is 2.61 bits per heavy atom. The van der Waals surface area contributed by atoms with Crippen LogP contribution in [0.3, 0.4) is 0 Å². The average molecular weight is 298 g/mol. The summed E-state index contributed by atoms with van der Waals surface area (Å²) in [5, 5.41) is 0.632. The van der Waals surface area contributed by atoms with Crippen LogP contribution in [-0.2, 0) is 4.79 Å². The largest absolute Gasteiger partial charge is 0.290 e. The van der Waals surface area contributed by atoms with Gasteiger partial charge < -0.3 is 0 Å². The van der Waals surface area contributed by atoms with Gasteiger partial charge in [0.05, 0.1) is 4.91 Å². The molecule has 5 heteroatoms. The van der Waals surface area contributed by atoms with Gasteiger partial charge in [0, 0.05) is 11.1 Å². The summed E-state index contributed by atoms with van der Waals surface area (Å²) in [6.45, 7) is 3.90. The van der Waals surface area contributed by atoms with Gasteiger partial charge in [-0.2, -0.15) is 0 Å². The van der Waals surface area contributed by atoms with Crippen LogP contribution in [-0.4, -0.2) is 21.2 Å². The van der Waals surface area contributed by atoms with Gasteiger partial charge in [0.15, 0.2) is 0 Å². The fourth-order valence-electron chi connectivity index (χ4n) is 1.66. The minimum Gasteiger partial charge on any atom is -0.290 e. The van der Waals surface area contributed by atoms with E-state index in [9.17, 15) is 4.79 Å². The van der Waals surface area contributed by atoms with E-state index < -0.39 is 0 Å². The molecule has 94 valence electrons. The molecule has 2 rings (SSSR count). The normalized spacial score (nSPS) is 18.2. The molecule has 0 radical (unpaired) electrons. The molecule has 0 bridgehead atoms. The molecular weight excluding hydrogens is 286 g/mol. The molecule has 18 heavy (non-hydrogen) atoms. The topological polar surface area (TPSA) is 20.3 Å². The summed E-state index contributed by atoms with van der Waals surface area (Å²) in [6.07, 6.45) is 1.80. The van der Waals surface area contributed by atoms with Crippen LogP contribution in [0.1, 0.15) is 19.4 Å². The quantitative estimate of drug-likeness (QED) is 0.609. The van der Waals surface area contributed by atoms with E-state index in [1.807, 2.05) is 32.0 Å². The van der Waals surface area contributed by atoms with Crippen molar-refractivity contribution in [1.29, 1.82) is 0 Å². The van der Waals surface area contributed by atoms with E-state index in [2.05, 4.69) is 0 Å². The highest BCUT2D eigenvalue weighted by Gasteiger charge is 2.33. The van der Waals surface area contributed by atoms with Gasteiger partial charge in [0.25, 0.3) is 5.91 Å². The molecule has 1 heterocycles. The number of hydrogen-bond donors (Lipinski definition) is 0. The first-order chi connectivity index (χ1) is 8.50. The highest BCUT2D eigenvalue weighted by atomic mass is 35.5. The molecule has 0 N–H and O–H groups in total. The maximum absolute atomic E-state index is 12.2. The second-order valence-electron chi connectivity index (χ2n) is 4.17. The van der Waals surface area contributed by atoms with Gasteiger partial charge in [-0.05, 0) is 31.6 Å². The first kappa shape index (κ1) is 13.6. The van der Waals surface area contributed by atoms with Gasteiger partial charge in [0.1, 0.15) is 4.32 Å². The van der Waals surface area contributed by atoms with Gasteiger partial charge in [0.2, 0.25) is 0 Å². The van der Waals surface area contributed by atoms with E-state index in [-0.39, 0.29) is 11.9 Å². The van der Waals surface area contributed by atoms with Crippen LogP contribution in [0.4, 0.5) is 0 Å². The zero-order valence-corrected chi connectivity index (χ0v) is 12.4. The van der Waals surface area contributed by atoms with Crippen LogP contribution in [0, 0.1) is 0 Å². The summed E-state index contributed by atoms with van der Waals surface area (Å²) in [5.41, 5.74) is 0.837. The summed E-state index contributed by atoms with van der Waals surface area (Å²) in [7, 11) is 0. The van der Waals surface area contributed by atoms with Crippen molar-refractivity contribution in [3.8, 4) is 0 Å². The third-order valence-electron chi connectivity index (χ3n) is 2.53. The molecular formula is C13H12ClNOS2.